The number of carbonyl (C=O) groups is 1. The van der Waals surface area contributed by atoms with Gasteiger partial charge in [-0.2, -0.15) is 0 Å². The van der Waals surface area contributed by atoms with Gasteiger partial charge in [0.25, 0.3) is 0 Å². The highest BCUT2D eigenvalue weighted by molar-refractivity contribution is 9.10. The highest BCUT2D eigenvalue weighted by atomic mass is 79.9. The summed E-state index contributed by atoms with van der Waals surface area (Å²) in [5.74, 6) is -0.120. The summed E-state index contributed by atoms with van der Waals surface area (Å²) in [6, 6.07) is 22.0. The van der Waals surface area contributed by atoms with Crippen LogP contribution in [0.4, 0.5) is 0 Å². The molecule has 0 spiro atoms. The number of carbonyl (C=O) groups excluding carboxylic acids is 1. The third kappa shape index (κ3) is 5.58. The van der Waals surface area contributed by atoms with Crippen molar-refractivity contribution in [1.82, 2.24) is 19.4 Å². The molecule has 4 aromatic rings. The quantitative estimate of drug-likeness (QED) is 0.274. The lowest BCUT2D eigenvalue weighted by molar-refractivity contribution is -0.118. The zero-order valence-electron chi connectivity index (χ0n) is 19.8. The Balaban J connectivity index is 1.47. The van der Waals surface area contributed by atoms with Crippen LogP contribution in [0.25, 0.3) is 11.3 Å². The second kappa shape index (κ2) is 10.4. The molecule has 1 aliphatic rings. The van der Waals surface area contributed by atoms with Crippen molar-refractivity contribution >= 4 is 41.9 Å². The van der Waals surface area contributed by atoms with Crippen molar-refractivity contribution in [2.24, 2.45) is 0 Å². The second-order valence-corrected chi connectivity index (χ2v) is 13.3. The number of imidazole rings is 1. The predicted octanol–water partition coefficient (Wildman–Crippen LogP) is 3.99. The second-order valence-electron chi connectivity index (χ2n) is 8.86. The molecular formula is C26H23BrN4O5S2. The van der Waals surface area contributed by atoms with E-state index in [2.05, 4.69) is 30.6 Å². The Hall–Kier alpha value is -3.32. The molecule has 1 aromatic heterocycles. The Morgan fingerprint density at radius 3 is 2.34 bits per heavy atom. The van der Waals surface area contributed by atoms with E-state index in [1.54, 1.807) is 42.6 Å². The summed E-state index contributed by atoms with van der Waals surface area (Å²) in [7, 11) is -7.69. The lowest BCUT2D eigenvalue weighted by Gasteiger charge is -2.18. The molecule has 3 N–H and O–H groups in total. The van der Waals surface area contributed by atoms with Gasteiger partial charge < -0.3 is 4.98 Å². The predicted molar refractivity (Wildman–Crippen MR) is 146 cm³/mol. The van der Waals surface area contributed by atoms with Crippen LogP contribution in [-0.4, -0.2) is 32.7 Å². The Morgan fingerprint density at radius 1 is 1.03 bits per heavy atom. The van der Waals surface area contributed by atoms with E-state index in [9.17, 15) is 21.6 Å². The first kappa shape index (κ1) is 26.3. The zero-order valence-corrected chi connectivity index (χ0v) is 23.1. The van der Waals surface area contributed by atoms with Gasteiger partial charge in [-0.05, 0) is 41.3 Å². The number of halogens is 1. The standard InChI is InChI=1S/C26H23BrN4O5S2/c27-21-13-17(11-12-20(21)24-15-25(32)31-38(24,35)36)14-22(30-37(33,34)19-9-5-2-6-10-19)26-28-16-23(29-26)18-7-3-1-4-8-18/h1-13,16,22,24,30H,14-15H2,(H,28,29)(H,31,32). The molecule has 12 heteroatoms. The highest BCUT2D eigenvalue weighted by Gasteiger charge is 2.39. The molecule has 0 aliphatic carbocycles. The molecule has 0 bridgehead atoms. The summed E-state index contributed by atoms with van der Waals surface area (Å²) in [5.41, 5.74) is 2.83. The van der Waals surface area contributed by atoms with Crippen LogP contribution in [0.2, 0.25) is 0 Å². The van der Waals surface area contributed by atoms with Crippen LogP contribution < -0.4 is 9.44 Å². The van der Waals surface area contributed by atoms with Crippen molar-refractivity contribution in [1.29, 1.82) is 0 Å². The van der Waals surface area contributed by atoms with Crippen molar-refractivity contribution in [2.45, 2.75) is 29.0 Å². The lowest BCUT2D eigenvalue weighted by atomic mass is 10.0. The van der Waals surface area contributed by atoms with Crippen molar-refractivity contribution in [3.05, 3.63) is 106 Å². The third-order valence-electron chi connectivity index (χ3n) is 6.21. The smallest absolute Gasteiger partial charge is 0.242 e. The summed E-state index contributed by atoms with van der Waals surface area (Å²) in [6.07, 6.45) is 1.72. The molecule has 38 heavy (non-hydrogen) atoms. The van der Waals surface area contributed by atoms with Crippen LogP contribution >= 0.6 is 15.9 Å². The first-order valence-electron chi connectivity index (χ1n) is 11.6. The van der Waals surface area contributed by atoms with E-state index >= 15 is 0 Å². The van der Waals surface area contributed by atoms with E-state index < -0.39 is 37.2 Å². The van der Waals surface area contributed by atoms with Gasteiger partial charge in [-0.15, -0.1) is 0 Å². The average molecular weight is 616 g/mol. The van der Waals surface area contributed by atoms with E-state index in [0.717, 1.165) is 16.8 Å². The van der Waals surface area contributed by atoms with Gasteiger partial charge in [-0.3, -0.25) is 9.52 Å². The number of hydrogen-bond donors (Lipinski definition) is 3. The fourth-order valence-electron chi connectivity index (χ4n) is 4.35. The monoisotopic (exact) mass is 614 g/mol. The summed E-state index contributed by atoms with van der Waals surface area (Å²) in [4.78, 5) is 19.5. The van der Waals surface area contributed by atoms with Crippen LogP contribution in [0.5, 0.6) is 0 Å². The number of hydrogen-bond acceptors (Lipinski definition) is 6. The first-order valence-corrected chi connectivity index (χ1v) is 15.4. The van der Waals surface area contributed by atoms with E-state index in [0.29, 0.717) is 15.9 Å². The molecule has 0 saturated carbocycles. The Bertz CT molecular complexity index is 1690. The maximum Gasteiger partial charge on any atom is 0.242 e. The third-order valence-corrected chi connectivity index (χ3v) is 10.1. The molecular weight excluding hydrogens is 592 g/mol. The number of benzene rings is 3. The van der Waals surface area contributed by atoms with Crippen LogP contribution in [0.1, 0.15) is 34.7 Å². The Morgan fingerprint density at radius 2 is 1.71 bits per heavy atom. The number of nitrogens with one attached hydrogen (secondary N) is 3. The minimum Gasteiger partial charge on any atom is -0.341 e. The van der Waals surface area contributed by atoms with Crippen LogP contribution in [0, 0.1) is 0 Å². The number of H-pyrrole nitrogens is 1. The molecule has 196 valence electrons. The Kier molecular flexibility index (Phi) is 7.23. The van der Waals surface area contributed by atoms with Gasteiger partial charge in [0.2, 0.25) is 26.0 Å². The van der Waals surface area contributed by atoms with Crippen molar-refractivity contribution in [3.8, 4) is 11.3 Å². The lowest BCUT2D eigenvalue weighted by Crippen LogP contribution is -2.31. The van der Waals surface area contributed by atoms with E-state index in [4.69, 9.17) is 0 Å². The largest absolute Gasteiger partial charge is 0.341 e. The van der Waals surface area contributed by atoms with Crippen LogP contribution in [0.3, 0.4) is 0 Å². The molecule has 1 aliphatic heterocycles. The molecule has 1 saturated heterocycles. The molecule has 1 amide bonds. The van der Waals surface area contributed by atoms with Gasteiger partial charge in [0.1, 0.15) is 11.1 Å². The van der Waals surface area contributed by atoms with Gasteiger partial charge in [0.05, 0.1) is 29.2 Å². The van der Waals surface area contributed by atoms with E-state index in [-0.39, 0.29) is 17.7 Å². The Labute approximate surface area is 229 Å². The summed E-state index contributed by atoms with van der Waals surface area (Å²) < 4.78 is 56.4. The molecule has 2 heterocycles. The molecule has 0 radical (unpaired) electrons. The molecule has 9 nitrogen and oxygen atoms in total. The number of aromatic amines is 1. The summed E-state index contributed by atoms with van der Waals surface area (Å²) >= 11 is 3.44. The normalized spacial score (nSPS) is 17.7. The molecule has 3 aromatic carbocycles. The molecule has 1 fully saturated rings. The van der Waals surface area contributed by atoms with Gasteiger partial charge in [0, 0.05) is 4.47 Å². The van der Waals surface area contributed by atoms with E-state index in [1.807, 2.05) is 35.1 Å². The SMILES string of the molecule is O=C1CC(c2ccc(CC(NS(=O)(=O)c3ccccc3)c3ncc(-c4ccccc4)[nH]3)cc2Br)S(=O)(=O)N1. The average Bonchev–Trinajstić information content (AvgIpc) is 3.48. The zero-order chi connectivity index (χ0) is 26.9. The van der Waals surface area contributed by atoms with Crippen molar-refractivity contribution in [2.75, 3.05) is 0 Å². The number of nitrogens with zero attached hydrogens (tertiary/aromatic N) is 1. The molecule has 2 atom stereocenters. The summed E-state index contributed by atoms with van der Waals surface area (Å²) in [6.45, 7) is 0. The van der Waals surface area contributed by atoms with E-state index in [1.165, 1.54) is 12.1 Å². The molecule has 2 unspecified atom stereocenters. The van der Waals surface area contributed by atoms with Crippen molar-refractivity contribution < 1.29 is 21.6 Å². The maximum absolute atomic E-state index is 13.2. The summed E-state index contributed by atoms with van der Waals surface area (Å²) in [5, 5.41) is -0.996. The highest BCUT2D eigenvalue weighted by Crippen LogP contribution is 2.36. The van der Waals surface area contributed by atoms with Gasteiger partial charge in [-0.1, -0.05) is 76.6 Å². The van der Waals surface area contributed by atoms with Crippen LogP contribution in [-0.2, 0) is 31.3 Å². The number of amides is 1. The number of sulfonamides is 2. The minimum atomic E-state index is -3.88. The minimum absolute atomic E-state index is 0.125. The fraction of sp³-hybridized carbons (Fsp3) is 0.154. The number of aromatic nitrogens is 2. The molecule has 5 rings (SSSR count). The first-order chi connectivity index (χ1) is 18.1. The topological polar surface area (TPSA) is 138 Å². The van der Waals surface area contributed by atoms with Crippen LogP contribution in [0.15, 0.2) is 94.4 Å². The van der Waals surface area contributed by atoms with Gasteiger partial charge in [-0.25, -0.2) is 26.5 Å². The fourth-order valence-corrected chi connectivity index (χ4v) is 7.88. The number of rotatable bonds is 8. The van der Waals surface area contributed by atoms with Crippen molar-refractivity contribution in [3.63, 3.8) is 0 Å². The van der Waals surface area contributed by atoms with Gasteiger partial charge in [0.15, 0.2) is 0 Å². The van der Waals surface area contributed by atoms with Gasteiger partial charge >= 0.3 is 0 Å². The maximum atomic E-state index is 13.2.